The van der Waals surface area contributed by atoms with Crippen LogP contribution >= 0.6 is 23.2 Å². The maximum Gasteiger partial charge on any atom is 0.257 e. The molecule has 0 heterocycles. The van der Waals surface area contributed by atoms with Crippen LogP contribution in [0.3, 0.4) is 0 Å². The Balaban J connectivity index is 3.95. The number of rotatable bonds is 2. The topological polar surface area (TPSA) is 40.5 Å². The van der Waals surface area contributed by atoms with Crippen molar-refractivity contribution in [1.29, 1.82) is 0 Å². The largest absolute Gasteiger partial charge is 0.374 e. The van der Waals surface area contributed by atoms with Gasteiger partial charge in [-0.05, 0) is 6.92 Å². The smallest absolute Gasteiger partial charge is 0.257 e. The third-order valence-electron chi connectivity index (χ3n) is 1.09. The minimum absolute atomic E-state index is 0.502. The second-order valence-corrected chi connectivity index (χ2v) is 2.98. The monoisotopic (exact) mass is 185 g/mol. The fourth-order valence-electron chi connectivity index (χ4n) is 0.338. The van der Waals surface area contributed by atoms with Gasteiger partial charge in [-0.15, -0.1) is 0 Å². The van der Waals surface area contributed by atoms with Crippen LogP contribution in [-0.4, -0.2) is 34.0 Å². The predicted octanol–water partition coefficient (Wildman–Crippen LogP) is 0.587. The fourth-order valence-corrected chi connectivity index (χ4v) is 0.646. The van der Waals surface area contributed by atoms with E-state index in [1.54, 1.807) is 0 Å². The summed E-state index contributed by atoms with van der Waals surface area (Å²) in [5.74, 6) is -0.502. The minimum Gasteiger partial charge on any atom is -0.374 e. The minimum atomic E-state index is -1.10. The number of carbonyl (C=O) groups excluding carboxylic acids is 1. The van der Waals surface area contributed by atoms with E-state index >= 15 is 0 Å². The summed E-state index contributed by atoms with van der Waals surface area (Å²) in [5.41, 5.74) is 0. The van der Waals surface area contributed by atoms with Gasteiger partial charge in [0.1, 0.15) is 6.23 Å². The lowest BCUT2D eigenvalue weighted by molar-refractivity contribution is -0.135. The Hall–Kier alpha value is 0.01000. The summed E-state index contributed by atoms with van der Waals surface area (Å²) in [6, 6.07) is 0. The molecule has 0 rings (SSSR count). The lowest BCUT2D eigenvalue weighted by Gasteiger charge is -2.20. The van der Waals surface area contributed by atoms with Crippen LogP contribution in [0.2, 0.25) is 0 Å². The van der Waals surface area contributed by atoms with Gasteiger partial charge in [0.15, 0.2) is 4.84 Å². The number of hydrogen-bond acceptors (Lipinski definition) is 2. The quantitative estimate of drug-likeness (QED) is 0.506. The van der Waals surface area contributed by atoms with Gasteiger partial charge in [0.2, 0.25) is 0 Å². The number of aliphatic hydroxyl groups excluding tert-OH is 1. The van der Waals surface area contributed by atoms with Gasteiger partial charge in [-0.25, -0.2) is 0 Å². The number of amides is 1. The highest BCUT2D eigenvalue weighted by Gasteiger charge is 2.19. The molecule has 10 heavy (non-hydrogen) atoms. The van der Waals surface area contributed by atoms with E-state index in [9.17, 15) is 4.79 Å². The number of alkyl halides is 2. The van der Waals surface area contributed by atoms with E-state index in [2.05, 4.69) is 0 Å². The molecule has 0 radical (unpaired) electrons. The fraction of sp³-hybridized carbons (Fsp3) is 0.800. The summed E-state index contributed by atoms with van der Waals surface area (Å²) in [5, 5.41) is 8.83. The van der Waals surface area contributed by atoms with Crippen molar-refractivity contribution in [2.45, 2.75) is 18.0 Å². The van der Waals surface area contributed by atoms with Crippen molar-refractivity contribution < 1.29 is 9.90 Å². The first-order valence-electron chi connectivity index (χ1n) is 2.69. The first-order valence-corrected chi connectivity index (χ1v) is 3.57. The summed E-state index contributed by atoms with van der Waals surface area (Å²) in [4.78, 5) is 10.7. The van der Waals surface area contributed by atoms with Crippen molar-refractivity contribution in [3.05, 3.63) is 0 Å². The van der Waals surface area contributed by atoms with Crippen LogP contribution in [0.5, 0.6) is 0 Å². The van der Waals surface area contributed by atoms with E-state index in [0.29, 0.717) is 0 Å². The van der Waals surface area contributed by atoms with Gasteiger partial charge in [-0.3, -0.25) is 4.79 Å². The standard InChI is InChI=1S/C5H9Cl2NO2/c1-3(9)8(2)5(10)4(6)7/h3-4,9H,1-2H3. The van der Waals surface area contributed by atoms with Gasteiger partial charge in [0, 0.05) is 7.05 Å². The first kappa shape index (κ1) is 10.0. The number of hydrogen-bond donors (Lipinski definition) is 1. The zero-order chi connectivity index (χ0) is 8.31. The Kier molecular flexibility index (Phi) is 4.01. The Labute approximate surface area is 69.5 Å². The van der Waals surface area contributed by atoms with E-state index in [1.807, 2.05) is 0 Å². The summed E-state index contributed by atoms with van der Waals surface area (Å²) < 4.78 is 0. The molecule has 0 bridgehead atoms. The molecule has 0 aliphatic carbocycles. The van der Waals surface area contributed by atoms with Crippen LogP contribution in [0.4, 0.5) is 0 Å². The normalized spacial score (nSPS) is 13.4. The average Bonchev–Trinajstić information content (AvgIpc) is 1.84. The van der Waals surface area contributed by atoms with E-state index in [4.69, 9.17) is 28.3 Å². The Bertz CT molecular complexity index is 127. The number of carbonyl (C=O) groups is 1. The number of nitrogens with zero attached hydrogens (tertiary/aromatic N) is 1. The van der Waals surface area contributed by atoms with Crippen LogP contribution < -0.4 is 0 Å². The van der Waals surface area contributed by atoms with Crippen LogP contribution in [0.25, 0.3) is 0 Å². The Morgan fingerprint density at radius 1 is 1.60 bits per heavy atom. The zero-order valence-corrected chi connectivity index (χ0v) is 7.23. The van der Waals surface area contributed by atoms with Gasteiger partial charge >= 0.3 is 0 Å². The summed E-state index contributed by atoms with van der Waals surface area (Å²) in [6.45, 7) is 1.45. The molecule has 1 N–H and O–H groups in total. The van der Waals surface area contributed by atoms with Crippen LogP contribution in [0.15, 0.2) is 0 Å². The average molecular weight is 186 g/mol. The van der Waals surface area contributed by atoms with Gasteiger partial charge in [0.25, 0.3) is 5.91 Å². The molecule has 0 aliphatic rings. The molecular formula is C5H9Cl2NO2. The van der Waals surface area contributed by atoms with Crippen molar-refractivity contribution in [3.8, 4) is 0 Å². The maximum absolute atomic E-state index is 10.8. The second kappa shape index (κ2) is 4.01. The zero-order valence-electron chi connectivity index (χ0n) is 5.71. The summed E-state index contributed by atoms with van der Waals surface area (Å²) in [7, 11) is 1.42. The molecule has 1 unspecified atom stereocenters. The molecule has 0 aromatic rings. The lowest BCUT2D eigenvalue weighted by Crippen LogP contribution is -2.37. The Morgan fingerprint density at radius 3 is 2.10 bits per heavy atom. The summed E-state index contributed by atoms with van der Waals surface area (Å²) >= 11 is 10.5. The highest BCUT2D eigenvalue weighted by molar-refractivity contribution is 6.53. The van der Waals surface area contributed by atoms with Crippen molar-refractivity contribution in [3.63, 3.8) is 0 Å². The van der Waals surface area contributed by atoms with Gasteiger partial charge in [-0.2, -0.15) is 0 Å². The summed E-state index contributed by atoms with van der Waals surface area (Å²) in [6.07, 6.45) is -0.854. The van der Waals surface area contributed by atoms with Gasteiger partial charge in [-0.1, -0.05) is 23.2 Å². The predicted molar refractivity (Wildman–Crippen MR) is 39.9 cm³/mol. The molecule has 5 heteroatoms. The van der Waals surface area contributed by atoms with Crippen molar-refractivity contribution in [1.82, 2.24) is 4.90 Å². The van der Waals surface area contributed by atoms with E-state index in [-0.39, 0.29) is 0 Å². The SMILES string of the molecule is CC(O)N(C)C(=O)C(Cl)Cl. The number of aliphatic hydroxyl groups is 1. The highest BCUT2D eigenvalue weighted by atomic mass is 35.5. The molecule has 0 aliphatic heterocycles. The lowest BCUT2D eigenvalue weighted by atomic mass is 10.5. The molecule has 1 amide bonds. The molecule has 1 atom stereocenters. The molecule has 0 aromatic carbocycles. The molecule has 0 saturated carbocycles. The van der Waals surface area contributed by atoms with Gasteiger partial charge in [0.05, 0.1) is 0 Å². The second-order valence-electron chi connectivity index (χ2n) is 1.88. The van der Waals surface area contributed by atoms with Crippen molar-refractivity contribution in [2.24, 2.45) is 0 Å². The highest BCUT2D eigenvalue weighted by Crippen LogP contribution is 2.06. The van der Waals surface area contributed by atoms with Crippen molar-refractivity contribution >= 4 is 29.1 Å². The molecular weight excluding hydrogens is 177 g/mol. The van der Waals surface area contributed by atoms with Crippen LogP contribution in [0.1, 0.15) is 6.92 Å². The van der Waals surface area contributed by atoms with E-state index in [0.717, 1.165) is 4.90 Å². The molecule has 0 saturated heterocycles. The van der Waals surface area contributed by atoms with E-state index in [1.165, 1.54) is 14.0 Å². The first-order chi connectivity index (χ1) is 4.46. The molecule has 0 spiro atoms. The van der Waals surface area contributed by atoms with E-state index < -0.39 is 17.0 Å². The number of halogens is 2. The third-order valence-corrected chi connectivity index (χ3v) is 1.47. The molecule has 0 fully saturated rings. The van der Waals surface area contributed by atoms with Crippen LogP contribution in [-0.2, 0) is 4.79 Å². The van der Waals surface area contributed by atoms with Crippen LogP contribution in [0, 0.1) is 0 Å². The molecule has 0 aromatic heterocycles. The third kappa shape index (κ3) is 2.73. The molecule has 3 nitrogen and oxygen atoms in total. The van der Waals surface area contributed by atoms with Gasteiger partial charge < -0.3 is 10.0 Å². The molecule has 60 valence electrons. The maximum atomic E-state index is 10.8. The Morgan fingerprint density at radius 2 is 2.00 bits per heavy atom. The van der Waals surface area contributed by atoms with Crippen molar-refractivity contribution in [2.75, 3.05) is 7.05 Å².